The lowest BCUT2D eigenvalue weighted by Gasteiger charge is -2.19. The first-order valence-electron chi connectivity index (χ1n) is 4.83. The van der Waals surface area contributed by atoms with E-state index in [9.17, 15) is 8.42 Å². The van der Waals surface area contributed by atoms with Gasteiger partial charge >= 0.3 is 0 Å². The molecule has 1 rings (SSSR count). The Morgan fingerprint density at radius 1 is 1.41 bits per heavy atom. The average molecular weight is 248 g/mol. The maximum Gasteiger partial charge on any atom is 0.241 e. The van der Waals surface area contributed by atoms with Crippen LogP contribution in [0.25, 0.3) is 0 Å². The maximum atomic E-state index is 12.0. The zero-order valence-corrected chi connectivity index (χ0v) is 10.4. The molecule has 4 nitrogen and oxygen atoms in total. The van der Waals surface area contributed by atoms with Crippen molar-refractivity contribution in [1.29, 1.82) is 5.26 Å². The molecule has 17 heavy (non-hydrogen) atoms. The highest BCUT2D eigenvalue weighted by molar-refractivity contribution is 7.89. The van der Waals surface area contributed by atoms with E-state index < -0.39 is 15.6 Å². The van der Waals surface area contributed by atoms with Crippen molar-refractivity contribution in [2.24, 2.45) is 0 Å². The molecular weight excluding hydrogens is 236 g/mol. The van der Waals surface area contributed by atoms with E-state index in [1.807, 2.05) is 6.07 Å². The second-order valence-electron chi connectivity index (χ2n) is 4.01. The van der Waals surface area contributed by atoms with Crippen molar-refractivity contribution in [3.05, 3.63) is 29.8 Å². The van der Waals surface area contributed by atoms with E-state index >= 15 is 0 Å². The van der Waals surface area contributed by atoms with Gasteiger partial charge in [0, 0.05) is 0 Å². The van der Waals surface area contributed by atoms with Crippen molar-refractivity contribution >= 4 is 10.0 Å². The zero-order chi connectivity index (χ0) is 13.1. The molecule has 0 fully saturated rings. The summed E-state index contributed by atoms with van der Waals surface area (Å²) < 4.78 is 26.3. The van der Waals surface area contributed by atoms with Gasteiger partial charge in [-0.05, 0) is 32.0 Å². The van der Waals surface area contributed by atoms with Gasteiger partial charge in [-0.3, -0.25) is 0 Å². The van der Waals surface area contributed by atoms with Crippen molar-refractivity contribution in [2.75, 3.05) is 0 Å². The lowest BCUT2D eigenvalue weighted by atomic mass is 10.1. The minimum absolute atomic E-state index is 0.0277. The second-order valence-corrected chi connectivity index (χ2v) is 5.70. The van der Waals surface area contributed by atoms with Gasteiger partial charge in [-0.1, -0.05) is 12.0 Å². The molecule has 0 unspecified atom stereocenters. The van der Waals surface area contributed by atoms with E-state index in [2.05, 4.69) is 10.6 Å². The number of sulfonamides is 1. The molecule has 0 aliphatic rings. The summed E-state index contributed by atoms with van der Waals surface area (Å²) in [5.41, 5.74) is -0.687. The topological polar surface area (TPSA) is 70.0 Å². The lowest BCUT2D eigenvalue weighted by Crippen LogP contribution is -2.41. The molecule has 0 aromatic heterocycles. The third-order valence-corrected chi connectivity index (χ3v) is 3.68. The standard InChI is InChI=1S/C12H12N2O2S/c1-4-12(2,3)14-17(15,16)11-7-5-6-10(8-11)9-13/h1,5-8,14H,2-3H3. The van der Waals surface area contributed by atoms with E-state index in [1.54, 1.807) is 13.8 Å². The summed E-state index contributed by atoms with van der Waals surface area (Å²) in [4.78, 5) is 0.0277. The molecule has 0 saturated carbocycles. The molecule has 0 spiro atoms. The lowest BCUT2D eigenvalue weighted by molar-refractivity contribution is 0.539. The highest BCUT2D eigenvalue weighted by atomic mass is 32.2. The van der Waals surface area contributed by atoms with Crippen LogP contribution in [0.5, 0.6) is 0 Å². The predicted molar refractivity (Wildman–Crippen MR) is 64.4 cm³/mol. The van der Waals surface area contributed by atoms with Gasteiger partial charge in [0.25, 0.3) is 0 Å². The van der Waals surface area contributed by atoms with Crippen LogP contribution in [0, 0.1) is 23.7 Å². The molecule has 1 aromatic rings. The average Bonchev–Trinajstić information content (AvgIpc) is 2.28. The quantitative estimate of drug-likeness (QED) is 0.818. The number of hydrogen-bond donors (Lipinski definition) is 1. The van der Waals surface area contributed by atoms with Crippen LogP contribution in [0.4, 0.5) is 0 Å². The first kappa shape index (κ1) is 13.2. The van der Waals surface area contributed by atoms with Crippen LogP contribution >= 0.6 is 0 Å². The fourth-order valence-corrected chi connectivity index (χ4v) is 2.55. The van der Waals surface area contributed by atoms with E-state index in [1.165, 1.54) is 24.3 Å². The Bertz CT molecular complexity index is 604. The minimum atomic E-state index is -3.71. The Balaban J connectivity index is 3.16. The zero-order valence-electron chi connectivity index (χ0n) is 9.56. The van der Waals surface area contributed by atoms with Crippen LogP contribution in [0.2, 0.25) is 0 Å². The monoisotopic (exact) mass is 248 g/mol. The molecule has 0 radical (unpaired) electrons. The van der Waals surface area contributed by atoms with Crippen molar-refractivity contribution < 1.29 is 8.42 Å². The van der Waals surface area contributed by atoms with Crippen molar-refractivity contribution in [3.8, 4) is 18.4 Å². The fraction of sp³-hybridized carbons (Fsp3) is 0.250. The molecule has 0 aliphatic heterocycles. The van der Waals surface area contributed by atoms with Gasteiger partial charge in [0.15, 0.2) is 0 Å². The second kappa shape index (κ2) is 4.58. The Labute approximate surface area is 101 Å². The molecule has 1 aromatic carbocycles. The molecule has 0 bridgehead atoms. The van der Waals surface area contributed by atoms with Crippen LogP contribution in [-0.2, 0) is 10.0 Å². The number of nitriles is 1. The van der Waals surface area contributed by atoms with Crippen molar-refractivity contribution in [2.45, 2.75) is 24.3 Å². The van der Waals surface area contributed by atoms with Gasteiger partial charge in [-0.25, -0.2) is 8.42 Å². The Hall–Kier alpha value is -1.82. The molecule has 0 amide bonds. The SMILES string of the molecule is C#CC(C)(C)NS(=O)(=O)c1cccc(C#N)c1. The number of nitrogens with zero attached hydrogens (tertiary/aromatic N) is 1. The van der Waals surface area contributed by atoms with Gasteiger partial charge in [-0.15, -0.1) is 6.42 Å². The highest BCUT2D eigenvalue weighted by Crippen LogP contribution is 2.13. The van der Waals surface area contributed by atoms with E-state index in [4.69, 9.17) is 11.7 Å². The molecule has 0 heterocycles. The molecule has 0 aliphatic carbocycles. The van der Waals surface area contributed by atoms with Crippen LogP contribution in [0.15, 0.2) is 29.2 Å². The van der Waals surface area contributed by atoms with Crippen molar-refractivity contribution in [3.63, 3.8) is 0 Å². The molecule has 5 heteroatoms. The van der Waals surface area contributed by atoms with Crippen LogP contribution in [0.1, 0.15) is 19.4 Å². The number of nitrogens with one attached hydrogen (secondary N) is 1. The van der Waals surface area contributed by atoms with Gasteiger partial charge in [-0.2, -0.15) is 9.98 Å². The fourth-order valence-electron chi connectivity index (χ4n) is 1.16. The Kier molecular flexibility index (Phi) is 3.57. The van der Waals surface area contributed by atoms with Gasteiger partial charge in [0.2, 0.25) is 10.0 Å². The first-order valence-corrected chi connectivity index (χ1v) is 6.31. The summed E-state index contributed by atoms with van der Waals surface area (Å²) in [7, 11) is -3.71. The van der Waals surface area contributed by atoms with Crippen LogP contribution in [-0.4, -0.2) is 14.0 Å². The highest BCUT2D eigenvalue weighted by Gasteiger charge is 2.24. The van der Waals surface area contributed by atoms with Crippen LogP contribution in [0.3, 0.4) is 0 Å². The van der Waals surface area contributed by atoms with Gasteiger partial charge < -0.3 is 0 Å². The normalized spacial score (nSPS) is 11.5. The molecule has 0 saturated heterocycles. The third kappa shape index (κ3) is 3.32. The number of terminal acetylenes is 1. The summed E-state index contributed by atoms with van der Waals surface area (Å²) in [6, 6.07) is 7.64. The van der Waals surface area contributed by atoms with E-state index in [-0.39, 0.29) is 10.5 Å². The third-order valence-electron chi connectivity index (χ3n) is 2.02. The summed E-state index contributed by atoms with van der Waals surface area (Å²) in [5, 5.41) is 8.71. The Morgan fingerprint density at radius 2 is 2.06 bits per heavy atom. The number of benzene rings is 1. The largest absolute Gasteiger partial charge is 0.241 e. The van der Waals surface area contributed by atoms with Crippen LogP contribution < -0.4 is 4.72 Å². The molecule has 1 N–H and O–H groups in total. The summed E-state index contributed by atoms with van der Waals surface area (Å²) in [6.07, 6.45) is 5.22. The van der Waals surface area contributed by atoms with Crippen molar-refractivity contribution in [1.82, 2.24) is 4.72 Å². The molecule has 88 valence electrons. The molecule has 0 atom stereocenters. The number of rotatable bonds is 3. The summed E-state index contributed by atoms with van der Waals surface area (Å²) in [6.45, 7) is 3.16. The smallest absolute Gasteiger partial charge is 0.207 e. The summed E-state index contributed by atoms with van der Waals surface area (Å²) >= 11 is 0. The predicted octanol–water partition coefficient (Wildman–Crippen LogP) is 1.25. The van der Waals surface area contributed by atoms with Gasteiger partial charge in [0.05, 0.1) is 22.1 Å². The Morgan fingerprint density at radius 3 is 2.59 bits per heavy atom. The summed E-state index contributed by atoms with van der Waals surface area (Å²) in [5.74, 6) is 2.34. The number of hydrogen-bond acceptors (Lipinski definition) is 3. The first-order chi connectivity index (χ1) is 7.80. The maximum absolute atomic E-state index is 12.0. The van der Waals surface area contributed by atoms with E-state index in [0.717, 1.165) is 0 Å². The van der Waals surface area contributed by atoms with Gasteiger partial charge in [0.1, 0.15) is 0 Å². The van der Waals surface area contributed by atoms with E-state index in [0.29, 0.717) is 0 Å². The minimum Gasteiger partial charge on any atom is -0.207 e. The molecular formula is C12H12N2O2S.